The molecule has 0 aliphatic rings. The summed E-state index contributed by atoms with van der Waals surface area (Å²) in [5, 5.41) is 11.8. The molecule has 5 heteroatoms. The Morgan fingerprint density at radius 1 is 1.40 bits per heavy atom. The van der Waals surface area contributed by atoms with E-state index in [4.69, 9.17) is 11.5 Å². The van der Waals surface area contributed by atoms with Gasteiger partial charge in [0, 0.05) is 12.2 Å². The summed E-state index contributed by atoms with van der Waals surface area (Å²) in [6.45, 7) is 6.04. The summed E-state index contributed by atoms with van der Waals surface area (Å²) in [6, 6.07) is 2.85. The monoisotopic (exact) mass is 274 g/mol. The van der Waals surface area contributed by atoms with E-state index in [0.29, 0.717) is 17.8 Å². The van der Waals surface area contributed by atoms with Gasteiger partial charge in [-0.05, 0) is 44.0 Å². The van der Waals surface area contributed by atoms with Crippen molar-refractivity contribution >= 4 is 17.7 Å². The van der Waals surface area contributed by atoms with Crippen LogP contribution >= 0.6 is 0 Å². The summed E-state index contributed by atoms with van der Waals surface area (Å²) in [5.41, 5.74) is 2.12. The Kier molecular flexibility index (Phi) is 5.15. The molecule has 20 heavy (non-hydrogen) atoms. The average Bonchev–Trinajstić information content (AvgIpc) is 2.39. The minimum atomic E-state index is -1.02. The highest BCUT2D eigenvalue weighted by Gasteiger charge is 2.14. The molecule has 5 nitrogen and oxygen atoms in total. The number of benzene rings is 1. The van der Waals surface area contributed by atoms with Gasteiger partial charge < -0.3 is 15.3 Å². The summed E-state index contributed by atoms with van der Waals surface area (Å²) < 4.78 is 0. The number of carboxylic acid groups (broad SMARTS) is 1. The number of aryl methyl sites for hydroxylation is 1. The fourth-order valence-electron chi connectivity index (χ4n) is 1.79. The molecule has 1 aromatic carbocycles. The van der Waals surface area contributed by atoms with Crippen LogP contribution in [0.3, 0.4) is 0 Å². The zero-order valence-corrected chi connectivity index (χ0v) is 11.9. The van der Waals surface area contributed by atoms with Gasteiger partial charge in [0.15, 0.2) is 0 Å². The maximum absolute atomic E-state index is 12.0. The van der Waals surface area contributed by atoms with Crippen molar-refractivity contribution in [3.63, 3.8) is 0 Å². The topological polar surface area (TPSA) is 69.6 Å². The number of carbonyl (C=O) groups is 2. The highest BCUT2D eigenvalue weighted by Crippen LogP contribution is 2.20. The number of nitrogens with zero attached hydrogens (tertiary/aromatic N) is 1. The van der Waals surface area contributed by atoms with Crippen molar-refractivity contribution in [2.45, 2.75) is 20.8 Å². The number of carboxylic acids is 1. The van der Waals surface area contributed by atoms with Gasteiger partial charge in [0.25, 0.3) is 0 Å². The van der Waals surface area contributed by atoms with Crippen LogP contribution in [0.15, 0.2) is 12.1 Å². The molecular formula is C15H18N2O3. The number of terminal acetylenes is 1. The predicted octanol–water partition coefficient (Wildman–Crippen LogP) is 2.49. The van der Waals surface area contributed by atoms with E-state index in [-0.39, 0.29) is 18.1 Å². The smallest absolute Gasteiger partial charge is 0.336 e. The normalized spacial score (nSPS) is 9.70. The Labute approximate surface area is 118 Å². The van der Waals surface area contributed by atoms with Crippen molar-refractivity contribution in [2.24, 2.45) is 0 Å². The number of rotatable bonds is 4. The second kappa shape index (κ2) is 6.62. The molecule has 106 valence electrons. The highest BCUT2D eigenvalue weighted by atomic mass is 16.4. The van der Waals surface area contributed by atoms with Crippen molar-refractivity contribution < 1.29 is 14.7 Å². The molecule has 2 amide bonds. The number of hydrogen-bond donors (Lipinski definition) is 2. The third kappa shape index (κ3) is 3.51. The van der Waals surface area contributed by atoms with Crippen LogP contribution in [0.4, 0.5) is 10.5 Å². The van der Waals surface area contributed by atoms with Gasteiger partial charge in [-0.3, -0.25) is 0 Å². The lowest BCUT2D eigenvalue weighted by molar-refractivity contribution is 0.0696. The van der Waals surface area contributed by atoms with E-state index in [0.717, 1.165) is 5.56 Å². The van der Waals surface area contributed by atoms with Gasteiger partial charge in [0.1, 0.15) is 0 Å². The molecule has 0 aliphatic carbocycles. The molecule has 0 heterocycles. The SMILES string of the molecule is C#CCN(CC)C(=O)Nc1cc(C)c(C)c(C(=O)O)c1. The molecule has 0 aliphatic heterocycles. The van der Waals surface area contributed by atoms with E-state index >= 15 is 0 Å². The van der Waals surface area contributed by atoms with Crippen molar-refractivity contribution in [1.29, 1.82) is 0 Å². The predicted molar refractivity (Wildman–Crippen MR) is 78.0 cm³/mol. The van der Waals surface area contributed by atoms with Gasteiger partial charge in [-0.15, -0.1) is 6.42 Å². The number of hydrogen-bond acceptors (Lipinski definition) is 2. The van der Waals surface area contributed by atoms with Crippen LogP contribution in [0.1, 0.15) is 28.4 Å². The maximum atomic E-state index is 12.0. The van der Waals surface area contributed by atoms with E-state index in [9.17, 15) is 9.59 Å². The molecule has 0 fully saturated rings. The Morgan fingerprint density at radius 3 is 2.55 bits per heavy atom. The Balaban J connectivity index is 3.02. The second-order valence-electron chi connectivity index (χ2n) is 4.42. The van der Waals surface area contributed by atoms with E-state index in [1.54, 1.807) is 19.9 Å². The minimum absolute atomic E-state index is 0.181. The largest absolute Gasteiger partial charge is 0.478 e. The van der Waals surface area contributed by atoms with Crippen LogP contribution in [0, 0.1) is 26.2 Å². The summed E-state index contributed by atoms with van der Waals surface area (Å²) in [6.07, 6.45) is 5.19. The summed E-state index contributed by atoms with van der Waals surface area (Å²) in [4.78, 5) is 24.6. The lowest BCUT2D eigenvalue weighted by Gasteiger charge is -2.19. The number of aromatic carboxylic acids is 1. The molecule has 0 unspecified atom stereocenters. The molecule has 0 bridgehead atoms. The van der Waals surface area contributed by atoms with Crippen molar-refractivity contribution in [1.82, 2.24) is 4.90 Å². The van der Waals surface area contributed by atoms with E-state index < -0.39 is 5.97 Å². The molecule has 0 radical (unpaired) electrons. The van der Waals surface area contributed by atoms with E-state index in [2.05, 4.69) is 11.2 Å². The van der Waals surface area contributed by atoms with Crippen LogP contribution in [0.5, 0.6) is 0 Å². The van der Waals surface area contributed by atoms with Crippen LogP contribution < -0.4 is 5.32 Å². The summed E-state index contributed by atoms with van der Waals surface area (Å²) >= 11 is 0. The standard InChI is InChI=1S/C15H18N2O3/c1-5-7-17(6-2)15(20)16-12-8-10(3)11(4)13(9-12)14(18)19/h1,8-9H,6-7H2,2-4H3,(H,16,20)(H,18,19). The molecular weight excluding hydrogens is 256 g/mol. The van der Waals surface area contributed by atoms with Crippen LogP contribution in [0.2, 0.25) is 0 Å². The molecule has 0 saturated carbocycles. The lowest BCUT2D eigenvalue weighted by atomic mass is 10.0. The zero-order valence-electron chi connectivity index (χ0n) is 11.9. The number of amides is 2. The van der Waals surface area contributed by atoms with Crippen LogP contribution in [-0.2, 0) is 0 Å². The van der Waals surface area contributed by atoms with Gasteiger partial charge >= 0.3 is 12.0 Å². The summed E-state index contributed by atoms with van der Waals surface area (Å²) in [5.74, 6) is 1.39. The van der Waals surface area contributed by atoms with Crippen molar-refractivity contribution in [2.75, 3.05) is 18.4 Å². The van der Waals surface area contributed by atoms with Crippen molar-refractivity contribution in [3.8, 4) is 12.3 Å². The molecule has 1 rings (SSSR count). The van der Waals surface area contributed by atoms with Gasteiger partial charge in [-0.1, -0.05) is 5.92 Å². The number of urea groups is 1. The van der Waals surface area contributed by atoms with Gasteiger partial charge in [-0.25, -0.2) is 9.59 Å². The van der Waals surface area contributed by atoms with Crippen LogP contribution in [0.25, 0.3) is 0 Å². The second-order valence-corrected chi connectivity index (χ2v) is 4.42. The first-order chi connectivity index (χ1) is 9.40. The number of nitrogens with one attached hydrogen (secondary N) is 1. The summed E-state index contributed by atoms with van der Waals surface area (Å²) in [7, 11) is 0. The van der Waals surface area contributed by atoms with E-state index in [1.165, 1.54) is 11.0 Å². The van der Waals surface area contributed by atoms with Crippen molar-refractivity contribution in [3.05, 3.63) is 28.8 Å². The zero-order chi connectivity index (χ0) is 15.3. The molecule has 0 aromatic heterocycles. The molecule has 0 saturated heterocycles. The molecule has 2 N–H and O–H groups in total. The fourth-order valence-corrected chi connectivity index (χ4v) is 1.79. The van der Waals surface area contributed by atoms with Gasteiger partial charge in [0.2, 0.25) is 0 Å². The first kappa shape index (κ1) is 15.6. The highest BCUT2D eigenvalue weighted by molar-refractivity contribution is 5.94. The minimum Gasteiger partial charge on any atom is -0.478 e. The Bertz CT molecular complexity index is 573. The number of anilines is 1. The maximum Gasteiger partial charge on any atom is 0.336 e. The lowest BCUT2D eigenvalue weighted by Crippen LogP contribution is -2.35. The van der Waals surface area contributed by atoms with E-state index in [1.807, 2.05) is 6.92 Å². The molecule has 0 atom stereocenters. The Morgan fingerprint density at radius 2 is 2.05 bits per heavy atom. The van der Waals surface area contributed by atoms with Gasteiger partial charge in [0.05, 0.1) is 12.1 Å². The fraction of sp³-hybridized carbons (Fsp3) is 0.333. The Hall–Kier alpha value is -2.48. The molecule has 0 spiro atoms. The third-order valence-corrected chi connectivity index (χ3v) is 3.10. The quantitative estimate of drug-likeness (QED) is 0.829. The molecule has 1 aromatic rings. The third-order valence-electron chi connectivity index (χ3n) is 3.10. The first-order valence-electron chi connectivity index (χ1n) is 6.24. The first-order valence-corrected chi connectivity index (χ1v) is 6.24. The van der Waals surface area contributed by atoms with Crippen LogP contribution in [-0.4, -0.2) is 35.1 Å². The average molecular weight is 274 g/mol. The number of carbonyl (C=O) groups excluding carboxylic acids is 1. The van der Waals surface area contributed by atoms with Gasteiger partial charge in [-0.2, -0.15) is 0 Å².